The average Bonchev–Trinajstić information content (AvgIpc) is 3.40. The molecule has 0 saturated carbocycles. The standard InChI is InChI=1S/C21H18N4OS/c1-24(14-18-15-27-20(23-18)16-7-3-2-4-8-16)21(26)17-9-5-10-19(13-17)25-12-6-11-22-25/h2-13,15H,14H2,1H3. The first-order valence-corrected chi connectivity index (χ1v) is 9.44. The van der Waals surface area contributed by atoms with Crippen molar-refractivity contribution < 1.29 is 4.79 Å². The van der Waals surface area contributed by atoms with Crippen LogP contribution in [0.1, 0.15) is 16.1 Å². The van der Waals surface area contributed by atoms with Crippen LogP contribution in [0.15, 0.2) is 78.4 Å². The number of aromatic nitrogens is 3. The van der Waals surface area contributed by atoms with Crippen LogP contribution in [0.25, 0.3) is 16.3 Å². The van der Waals surface area contributed by atoms with Gasteiger partial charge in [0, 0.05) is 35.9 Å². The number of nitrogens with zero attached hydrogens (tertiary/aromatic N) is 4. The molecule has 2 aromatic heterocycles. The summed E-state index contributed by atoms with van der Waals surface area (Å²) in [5, 5.41) is 7.19. The number of hydrogen-bond acceptors (Lipinski definition) is 4. The molecule has 1 amide bonds. The fourth-order valence-corrected chi connectivity index (χ4v) is 3.65. The maximum atomic E-state index is 12.8. The maximum absolute atomic E-state index is 12.8. The largest absolute Gasteiger partial charge is 0.336 e. The highest BCUT2D eigenvalue weighted by atomic mass is 32.1. The zero-order valence-corrected chi connectivity index (χ0v) is 15.6. The van der Waals surface area contributed by atoms with Crippen molar-refractivity contribution in [2.45, 2.75) is 6.54 Å². The van der Waals surface area contributed by atoms with Gasteiger partial charge in [-0.15, -0.1) is 11.3 Å². The van der Waals surface area contributed by atoms with E-state index in [4.69, 9.17) is 0 Å². The van der Waals surface area contributed by atoms with Gasteiger partial charge in [-0.3, -0.25) is 4.79 Å². The molecule has 0 radical (unpaired) electrons. The van der Waals surface area contributed by atoms with Crippen LogP contribution in [0.2, 0.25) is 0 Å². The summed E-state index contributed by atoms with van der Waals surface area (Å²) in [6.07, 6.45) is 3.57. The highest BCUT2D eigenvalue weighted by molar-refractivity contribution is 7.13. The maximum Gasteiger partial charge on any atom is 0.254 e. The van der Waals surface area contributed by atoms with E-state index in [1.165, 1.54) is 0 Å². The minimum Gasteiger partial charge on any atom is -0.336 e. The number of carbonyl (C=O) groups is 1. The molecule has 0 aliphatic rings. The molecule has 5 nitrogen and oxygen atoms in total. The van der Waals surface area contributed by atoms with Crippen molar-refractivity contribution in [3.05, 3.63) is 89.7 Å². The lowest BCUT2D eigenvalue weighted by molar-refractivity contribution is 0.0783. The highest BCUT2D eigenvalue weighted by Crippen LogP contribution is 2.24. The predicted molar refractivity (Wildman–Crippen MR) is 107 cm³/mol. The molecule has 2 heterocycles. The third kappa shape index (κ3) is 3.80. The molecule has 0 aliphatic carbocycles. The summed E-state index contributed by atoms with van der Waals surface area (Å²) in [5.41, 5.74) is 3.47. The van der Waals surface area contributed by atoms with Gasteiger partial charge in [-0.1, -0.05) is 36.4 Å². The Bertz CT molecular complexity index is 1040. The van der Waals surface area contributed by atoms with Crippen LogP contribution in [-0.4, -0.2) is 32.6 Å². The Morgan fingerprint density at radius 1 is 1.11 bits per heavy atom. The molecule has 0 aliphatic heterocycles. The second kappa shape index (κ2) is 7.55. The second-order valence-corrected chi connectivity index (χ2v) is 7.03. The fourth-order valence-electron chi connectivity index (χ4n) is 2.83. The van der Waals surface area contributed by atoms with Gasteiger partial charge in [0.2, 0.25) is 0 Å². The fraction of sp³-hybridized carbons (Fsp3) is 0.0952. The van der Waals surface area contributed by atoms with Gasteiger partial charge in [0.1, 0.15) is 5.01 Å². The van der Waals surface area contributed by atoms with Gasteiger partial charge in [-0.05, 0) is 24.3 Å². The van der Waals surface area contributed by atoms with Gasteiger partial charge in [-0.2, -0.15) is 5.10 Å². The van der Waals surface area contributed by atoms with Gasteiger partial charge < -0.3 is 4.90 Å². The Morgan fingerprint density at radius 3 is 2.74 bits per heavy atom. The molecule has 6 heteroatoms. The predicted octanol–water partition coefficient (Wildman–Crippen LogP) is 4.27. The quantitative estimate of drug-likeness (QED) is 0.524. The lowest BCUT2D eigenvalue weighted by atomic mass is 10.1. The van der Waals surface area contributed by atoms with E-state index in [0.717, 1.165) is 22.0 Å². The Morgan fingerprint density at radius 2 is 1.96 bits per heavy atom. The summed E-state index contributed by atoms with van der Waals surface area (Å²) in [6, 6.07) is 19.4. The van der Waals surface area contributed by atoms with Crippen LogP contribution >= 0.6 is 11.3 Å². The molecule has 4 rings (SSSR count). The SMILES string of the molecule is CN(Cc1csc(-c2ccccc2)n1)C(=O)c1cccc(-n2cccn2)c1. The third-order valence-electron chi connectivity index (χ3n) is 4.18. The number of benzene rings is 2. The molecule has 0 N–H and O–H groups in total. The lowest BCUT2D eigenvalue weighted by Gasteiger charge is -2.16. The Hall–Kier alpha value is -3.25. The van der Waals surface area contributed by atoms with Crippen LogP contribution < -0.4 is 0 Å². The summed E-state index contributed by atoms with van der Waals surface area (Å²) in [4.78, 5) is 19.2. The molecule has 0 unspecified atom stereocenters. The van der Waals surface area contributed by atoms with E-state index in [1.807, 2.05) is 72.2 Å². The van der Waals surface area contributed by atoms with Crippen LogP contribution in [-0.2, 0) is 6.54 Å². The summed E-state index contributed by atoms with van der Waals surface area (Å²) < 4.78 is 1.74. The van der Waals surface area contributed by atoms with E-state index in [-0.39, 0.29) is 5.91 Å². The molecule has 0 fully saturated rings. The number of amides is 1. The Balaban J connectivity index is 1.49. The van der Waals surface area contributed by atoms with E-state index >= 15 is 0 Å². The van der Waals surface area contributed by atoms with Crippen LogP contribution in [0.3, 0.4) is 0 Å². The van der Waals surface area contributed by atoms with Crippen molar-refractivity contribution >= 4 is 17.2 Å². The van der Waals surface area contributed by atoms with Gasteiger partial charge in [0.05, 0.1) is 17.9 Å². The van der Waals surface area contributed by atoms with Crippen LogP contribution in [0.4, 0.5) is 0 Å². The minimum atomic E-state index is -0.0433. The van der Waals surface area contributed by atoms with Gasteiger partial charge in [-0.25, -0.2) is 9.67 Å². The van der Waals surface area contributed by atoms with Crippen molar-refractivity contribution in [2.24, 2.45) is 0 Å². The zero-order valence-electron chi connectivity index (χ0n) is 14.8. The number of rotatable bonds is 5. The molecule has 134 valence electrons. The third-order valence-corrected chi connectivity index (χ3v) is 5.12. The smallest absolute Gasteiger partial charge is 0.254 e. The van der Waals surface area contributed by atoms with Gasteiger partial charge >= 0.3 is 0 Å². The molecular weight excluding hydrogens is 356 g/mol. The van der Waals surface area contributed by atoms with Crippen molar-refractivity contribution in [3.8, 4) is 16.3 Å². The van der Waals surface area contributed by atoms with Crippen LogP contribution in [0, 0.1) is 0 Å². The molecule has 0 saturated heterocycles. The first-order valence-electron chi connectivity index (χ1n) is 8.56. The van der Waals surface area contributed by atoms with E-state index in [0.29, 0.717) is 12.1 Å². The molecule has 0 bridgehead atoms. The average molecular weight is 374 g/mol. The zero-order chi connectivity index (χ0) is 18.6. The summed E-state index contributed by atoms with van der Waals surface area (Å²) >= 11 is 1.59. The number of hydrogen-bond donors (Lipinski definition) is 0. The first-order chi connectivity index (χ1) is 13.2. The van der Waals surface area contributed by atoms with E-state index in [2.05, 4.69) is 10.1 Å². The molecule has 2 aromatic carbocycles. The van der Waals surface area contributed by atoms with Gasteiger partial charge in [0.25, 0.3) is 5.91 Å². The Kier molecular flexibility index (Phi) is 4.80. The van der Waals surface area contributed by atoms with Crippen molar-refractivity contribution in [1.29, 1.82) is 0 Å². The first kappa shape index (κ1) is 17.2. The summed E-state index contributed by atoms with van der Waals surface area (Å²) in [6.45, 7) is 0.466. The lowest BCUT2D eigenvalue weighted by Crippen LogP contribution is -2.26. The minimum absolute atomic E-state index is 0.0433. The van der Waals surface area contributed by atoms with Crippen molar-refractivity contribution in [3.63, 3.8) is 0 Å². The molecule has 4 aromatic rings. The van der Waals surface area contributed by atoms with E-state index < -0.39 is 0 Å². The highest BCUT2D eigenvalue weighted by Gasteiger charge is 2.15. The summed E-state index contributed by atoms with van der Waals surface area (Å²) in [7, 11) is 1.80. The van der Waals surface area contributed by atoms with Crippen molar-refractivity contribution in [2.75, 3.05) is 7.05 Å². The number of carbonyl (C=O) groups excluding carboxylic acids is 1. The molecule has 27 heavy (non-hydrogen) atoms. The monoisotopic (exact) mass is 374 g/mol. The second-order valence-electron chi connectivity index (χ2n) is 6.17. The van der Waals surface area contributed by atoms with E-state index in [1.54, 1.807) is 34.2 Å². The molecular formula is C21H18N4OS. The topological polar surface area (TPSA) is 51.0 Å². The Labute approximate surface area is 161 Å². The van der Waals surface area contributed by atoms with E-state index in [9.17, 15) is 4.79 Å². The van der Waals surface area contributed by atoms with Crippen molar-refractivity contribution in [1.82, 2.24) is 19.7 Å². The molecule has 0 spiro atoms. The van der Waals surface area contributed by atoms with Gasteiger partial charge in [0.15, 0.2) is 0 Å². The normalized spacial score (nSPS) is 10.7. The van der Waals surface area contributed by atoms with Crippen LogP contribution in [0.5, 0.6) is 0 Å². The molecule has 0 atom stereocenters. The number of thiazole rings is 1. The summed E-state index contributed by atoms with van der Waals surface area (Å²) in [5.74, 6) is -0.0433.